The zero-order valence-corrected chi connectivity index (χ0v) is 18.0. The lowest BCUT2D eigenvalue weighted by atomic mass is 10.00. The zero-order valence-electron chi connectivity index (χ0n) is 16.4. The van der Waals surface area contributed by atoms with Gasteiger partial charge in [0.1, 0.15) is 0 Å². The largest absolute Gasteiger partial charge is 0.327 e. The average molecular weight is 442 g/mol. The van der Waals surface area contributed by atoms with E-state index in [-0.39, 0.29) is 20.7 Å². The Kier molecular flexibility index (Phi) is 5.31. The first-order valence-electron chi connectivity index (χ1n) is 9.72. The van der Waals surface area contributed by atoms with Crippen LogP contribution in [0.4, 0.5) is 0 Å². The smallest absolute Gasteiger partial charge is 0.265 e. The van der Waals surface area contributed by atoms with Crippen molar-refractivity contribution in [2.24, 2.45) is 0 Å². The third kappa shape index (κ3) is 3.36. The third-order valence-electron chi connectivity index (χ3n) is 5.45. The van der Waals surface area contributed by atoms with Gasteiger partial charge in [0.2, 0.25) is 0 Å². The Labute approximate surface area is 179 Å². The topological polar surface area (TPSA) is 94.0 Å². The minimum Gasteiger partial charge on any atom is -0.327 e. The molecular formula is C22H20ClN3O3S. The molecule has 6 nitrogen and oxygen atoms in total. The van der Waals surface area contributed by atoms with Crippen molar-refractivity contribution in [3.63, 3.8) is 0 Å². The molecule has 8 heteroatoms. The van der Waals surface area contributed by atoms with Gasteiger partial charge in [0.05, 0.1) is 27.3 Å². The van der Waals surface area contributed by atoms with Crippen LogP contribution in [0.15, 0.2) is 68.7 Å². The van der Waals surface area contributed by atoms with Gasteiger partial charge in [-0.1, -0.05) is 36.6 Å². The normalized spacial score (nSPS) is 16.8. The number of rotatable bonds is 4. The number of nitrogens with one attached hydrogen (secondary N) is 1. The highest BCUT2D eigenvalue weighted by atomic mass is 35.5. The van der Waals surface area contributed by atoms with Gasteiger partial charge in [-0.2, -0.15) is 5.26 Å². The Hall–Kier alpha value is -2.82. The van der Waals surface area contributed by atoms with Gasteiger partial charge in [0, 0.05) is 23.5 Å². The maximum Gasteiger partial charge on any atom is 0.265 e. The molecule has 0 fully saturated rings. The SMILES string of the molecule is CCCC1=CC(C#N)=CC2=C(CCN2S(=O)(=O)c2cccc3c(=O)[nH]cc(Cl)c23)C1. The van der Waals surface area contributed by atoms with E-state index in [1.54, 1.807) is 12.1 Å². The molecular weight excluding hydrogens is 422 g/mol. The van der Waals surface area contributed by atoms with E-state index in [2.05, 4.69) is 18.0 Å². The Bertz CT molecular complexity index is 1340. The van der Waals surface area contributed by atoms with Crippen LogP contribution < -0.4 is 5.56 Å². The fourth-order valence-electron chi connectivity index (χ4n) is 4.12. The molecule has 1 N–H and O–H groups in total. The molecule has 2 heterocycles. The second kappa shape index (κ2) is 7.78. The standard InChI is InChI=1S/C22H20ClN3O3S/c1-2-4-14-9-15(12-24)11-19-16(10-14)7-8-26(19)30(28,29)20-6-3-5-17-21(20)18(23)13-25-22(17)27/h3,5-6,9,11,13H,2,4,7-8,10H2,1H3,(H,25,27). The lowest BCUT2D eigenvalue weighted by Gasteiger charge is -2.22. The minimum absolute atomic E-state index is 0.0113. The van der Waals surface area contributed by atoms with Gasteiger partial charge in [-0.25, -0.2) is 8.42 Å². The van der Waals surface area contributed by atoms with Crippen molar-refractivity contribution in [2.45, 2.75) is 37.5 Å². The summed E-state index contributed by atoms with van der Waals surface area (Å²) in [5.41, 5.74) is 2.73. The van der Waals surface area contributed by atoms with Gasteiger partial charge in [0.15, 0.2) is 0 Å². The Morgan fingerprint density at radius 2 is 2.10 bits per heavy atom. The van der Waals surface area contributed by atoms with Crippen LogP contribution in [0.3, 0.4) is 0 Å². The number of fused-ring (bicyclic) bond motifs is 1. The van der Waals surface area contributed by atoms with E-state index in [1.807, 2.05) is 6.08 Å². The van der Waals surface area contributed by atoms with Gasteiger partial charge in [-0.3, -0.25) is 9.10 Å². The summed E-state index contributed by atoms with van der Waals surface area (Å²) in [5.74, 6) is 0. The molecule has 30 heavy (non-hydrogen) atoms. The van der Waals surface area contributed by atoms with Crippen molar-refractivity contribution >= 4 is 32.4 Å². The lowest BCUT2D eigenvalue weighted by molar-refractivity contribution is 0.507. The third-order valence-corrected chi connectivity index (χ3v) is 7.60. The van der Waals surface area contributed by atoms with Gasteiger partial charge < -0.3 is 4.98 Å². The molecule has 1 aliphatic heterocycles. The minimum atomic E-state index is -3.99. The van der Waals surface area contributed by atoms with Crippen LogP contribution in [-0.2, 0) is 10.0 Å². The van der Waals surface area contributed by atoms with Crippen molar-refractivity contribution < 1.29 is 8.42 Å². The van der Waals surface area contributed by atoms with Crippen LogP contribution in [0.1, 0.15) is 32.6 Å². The number of halogens is 1. The molecule has 0 unspecified atom stereocenters. The van der Waals surface area contributed by atoms with Crippen molar-refractivity contribution in [3.05, 3.63) is 74.3 Å². The second-order valence-corrected chi connectivity index (χ2v) is 9.64. The Morgan fingerprint density at radius 3 is 2.83 bits per heavy atom. The highest BCUT2D eigenvalue weighted by Crippen LogP contribution is 2.39. The average Bonchev–Trinajstić information content (AvgIpc) is 3.04. The summed E-state index contributed by atoms with van der Waals surface area (Å²) in [7, 11) is -3.99. The molecule has 1 aromatic heterocycles. The van der Waals surface area contributed by atoms with Crippen LogP contribution in [0.25, 0.3) is 10.8 Å². The van der Waals surface area contributed by atoms with Gasteiger partial charge in [-0.05, 0) is 49.1 Å². The molecule has 2 aromatic rings. The monoisotopic (exact) mass is 441 g/mol. The predicted octanol–water partition coefficient (Wildman–Crippen LogP) is 4.41. The summed E-state index contributed by atoms with van der Waals surface area (Å²) in [6.07, 6.45) is 7.91. The highest BCUT2D eigenvalue weighted by molar-refractivity contribution is 7.89. The highest BCUT2D eigenvalue weighted by Gasteiger charge is 2.34. The fraction of sp³-hybridized carbons (Fsp3) is 0.273. The number of sulfonamides is 1. The molecule has 0 saturated heterocycles. The van der Waals surface area contributed by atoms with Crippen molar-refractivity contribution in [3.8, 4) is 6.07 Å². The van der Waals surface area contributed by atoms with Crippen molar-refractivity contribution in [2.75, 3.05) is 6.54 Å². The molecule has 0 saturated carbocycles. The number of nitrogens with zero attached hydrogens (tertiary/aromatic N) is 2. The van der Waals surface area contributed by atoms with Crippen LogP contribution in [0, 0.1) is 11.3 Å². The summed E-state index contributed by atoms with van der Waals surface area (Å²) in [4.78, 5) is 14.7. The van der Waals surface area contributed by atoms with E-state index in [0.29, 0.717) is 30.7 Å². The van der Waals surface area contributed by atoms with E-state index < -0.39 is 15.6 Å². The van der Waals surface area contributed by atoms with Gasteiger partial charge in [-0.15, -0.1) is 0 Å². The van der Waals surface area contributed by atoms with Crippen molar-refractivity contribution in [1.29, 1.82) is 5.26 Å². The number of aromatic nitrogens is 1. The number of benzene rings is 1. The van der Waals surface area contributed by atoms with E-state index in [4.69, 9.17) is 11.6 Å². The first-order valence-corrected chi connectivity index (χ1v) is 11.5. The van der Waals surface area contributed by atoms with Crippen LogP contribution in [0.5, 0.6) is 0 Å². The molecule has 1 aromatic carbocycles. The zero-order chi connectivity index (χ0) is 21.5. The number of hydrogen-bond donors (Lipinski definition) is 1. The number of H-pyrrole nitrogens is 1. The molecule has 4 rings (SSSR count). The van der Waals surface area contributed by atoms with Crippen molar-refractivity contribution in [1.82, 2.24) is 9.29 Å². The summed E-state index contributed by atoms with van der Waals surface area (Å²) < 4.78 is 28.7. The summed E-state index contributed by atoms with van der Waals surface area (Å²) in [5, 5.41) is 10.1. The van der Waals surface area contributed by atoms with E-state index in [9.17, 15) is 18.5 Å². The summed E-state index contributed by atoms with van der Waals surface area (Å²) in [6, 6.07) is 6.72. The molecule has 1 aliphatic carbocycles. The molecule has 0 atom stereocenters. The Balaban J connectivity index is 1.87. The van der Waals surface area contributed by atoms with Gasteiger partial charge >= 0.3 is 0 Å². The molecule has 0 spiro atoms. The van der Waals surface area contributed by atoms with Crippen LogP contribution >= 0.6 is 11.6 Å². The molecule has 0 bridgehead atoms. The predicted molar refractivity (Wildman–Crippen MR) is 116 cm³/mol. The number of allylic oxidation sites excluding steroid dienone is 4. The molecule has 2 aliphatic rings. The lowest BCUT2D eigenvalue weighted by Crippen LogP contribution is -2.28. The van der Waals surface area contributed by atoms with Crippen LogP contribution in [-0.4, -0.2) is 24.3 Å². The molecule has 154 valence electrons. The first-order chi connectivity index (χ1) is 14.4. The summed E-state index contributed by atoms with van der Waals surface area (Å²) >= 11 is 6.28. The summed E-state index contributed by atoms with van der Waals surface area (Å²) in [6.45, 7) is 2.37. The molecule has 0 amide bonds. The van der Waals surface area contributed by atoms with E-state index in [0.717, 1.165) is 24.0 Å². The Morgan fingerprint density at radius 1 is 1.30 bits per heavy atom. The van der Waals surface area contributed by atoms with E-state index in [1.165, 1.54) is 22.6 Å². The quantitative estimate of drug-likeness (QED) is 0.760. The first kappa shape index (κ1) is 20.5. The van der Waals surface area contributed by atoms with E-state index >= 15 is 0 Å². The number of pyridine rings is 1. The second-order valence-electron chi connectivity index (χ2n) is 7.40. The molecule has 0 radical (unpaired) electrons. The number of aromatic amines is 1. The maximum atomic E-state index is 13.7. The maximum absolute atomic E-state index is 13.7. The van der Waals surface area contributed by atoms with Gasteiger partial charge in [0.25, 0.3) is 15.6 Å². The number of nitriles is 1. The fourth-order valence-corrected chi connectivity index (χ4v) is 6.18. The number of hydrogen-bond acceptors (Lipinski definition) is 4. The van der Waals surface area contributed by atoms with Crippen LogP contribution in [0.2, 0.25) is 5.02 Å².